The molecule has 2 fully saturated rings. The van der Waals surface area contributed by atoms with E-state index in [1.54, 1.807) is 0 Å². The lowest BCUT2D eigenvalue weighted by atomic mass is 10.4. The highest BCUT2D eigenvalue weighted by Gasteiger charge is 2.31. The molecule has 0 bridgehead atoms. The monoisotopic (exact) mass is 383 g/mol. The van der Waals surface area contributed by atoms with Gasteiger partial charge in [-0.2, -0.15) is 0 Å². The molecule has 8 nitrogen and oxygen atoms in total. The van der Waals surface area contributed by atoms with Crippen molar-refractivity contribution in [3.63, 3.8) is 0 Å². The normalized spacial score (nSPS) is 18.7. The second-order valence-corrected chi connectivity index (χ2v) is 8.24. The van der Waals surface area contributed by atoms with Crippen molar-refractivity contribution in [1.29, 1.82) is 0 Å². The van der Waals surface area contributed by atoms with Crippen molar-refractivity contribution in [3.8, 4) is 0 Å². The van der Waals surface area contributed by atoms with Crippen LogP contribution in [0.5, 0.6) is 0 Å². The van der Waals surface area contributed by atoms with Gasteiger partial charge in [-0.25, -0.2) is 0 Å². The van der Waals surface area contributed by atoms with E-state index in [-0.39, 0.29) is 41.1 Å². The summed E-state index contributed by atoms with van der Waals surface area (Å²) in [7, 11) is 0. The predicted molar refractivity (Wildman–Crippen MR) is 95.6 cm³/mol. The zero-order valence-corrected chi connectivity index (χ0v) is 15.9. The standard InChI is InChI=1S/C15H21N5O3S2/c1-3-19-12(10-4-5-10)17-18-14(19)25-9(2)13(22)16-6-7-20-11(21)8-24-15(20)23/h9-10H,3-8H2,1-2H3,(H,16,22)/t9-/m0/s1. The van der Waals surface area contributed by atoms with E-state index in [1.165, 1.54) is 16.7 Å². The molecule has 1 aliphatic heterocycles. The zero-order chi connectivity index (χ0) is 18.0. The molecule has 0 radical (unpaired) electrons. The average Bonchev–Trinajstić information content (AvgIpc) is 3.29. The van der Waals surface area contributed by atoms with Gasteiger partial charge in [-0.15, -0.1) is 10.2 Å². The smallest absolute Gasteiger partial charge is 0.288 e. The van der Waals surface area contributed by atoms with Crippen molar-refractivity contribution in [2.24, 2.45) is 0 Å². The van der Waals surface area contributed by atoms with Crippen molar-refractivity contribution < 1.29 is 14.4 Å². The number of nitrogens with zero attached hydrogens (tertiary/aromatic N) is 4. The second-order valence-electron chi connectivity index (χ2n) is 6.01. The van der Waals surface area contributed by atoms with Crippen molar-refractivity contribution in [2.75, 3.05) is 18.8 Å². The summed E-state index contributed by atoms with van der Waals surface area (Å²) in [4.78, 5) is 36.5. The maximum Gasteiger partial charge on any atom is 0.288 e. The third kappa shape index (κ3) is 4.17. The summed E-state index contributed by atoms with van der Waals surface area (Å²) in [6, 6.07) is 0. The van der Waals surface area contributed by atoms with Crippen LogP contribution in [0.1, 0.15) is 38.4 Å². The highest BCUT2D eigenvalue weighted by Crippen LogP contribution is 2.40. The van der Waals surface area contributed by atoms with Gasteiger partial charge in [-0.05, 0) is 26.7 Å². The topological polar surface area (TPSA) is 97.2 Å². The van der Waals surface area contributed by atoms with Gasteiger partial charge in [-0.3, -0.25) is 19.3 Å². The van der Waals surface area contributed by atoms with Crippen LogP contribution < -0.4 is 5.32 Å². The minimum atomic E-state index is -0.332. The van der Waals surface area contributed by atoms with Crippen molar-refractivity contribution >= 4 is 40.6 Å². The fraction of sp³-hybridized carbons (Fsp3) is 0.667. The first kappa shape index (κ1) is 18.2. The number of nitrogens with one attached hydrogen (secondary N) is 1. The molecule has 3 amide bonds. The lowest BCUT2D eigenvalue weighted by Crippen LogP contribution is -2.39. The fourth-order valence-electron chi connectivity index (χ4n) is 2.57. The highest BCUT2D eigenvalue weighted by molar-refractivity contribution is 8.14. The van der Waals surface area contributed by atoms with Gasteiger partial charge in [0.05, 0.1) is 11.0 Å². The largest absolute Gasteiger partial charge is 0.353 e. The number of hydrogen-bond donors (Lipinski definition) is 1. The summed E-state index contributed by atoms with van der Waals surface area (Å²) in [5.41, 5.74) is 0. The molecule has 0 unspecified atom stereocenters. The molecular weight excluding hydrogens is 362 g/mol. The van der Waals surface area contributed by atoms with Crippen LogP contribution in [-0.2, 0) is 16.1 Å². The van der Waals surface area contributed by atoms with Gasteiger partial charge in [-0.1, -0.05) is 23.5 Å². The Labute approximate surface area is 154 Å². The molecule has 1 atom stereocenters. The Morgan fingerprint density at radius 2 is 2.16 bits per heavy atom. The zero-order valence-electron chi connectivity index (χ0n) is 14.2. The molecule has 10 heteroatoms. The number of thioether (sulfide) groups is 2. The number of amides is 3. The Hall–Kier alpha value is -1.55. The third-order valence-electron chi connectivity index (χ3n) is 4.13. The van der Waals surface area contributed by atoms with Crippen LogP contribution in [0, 0.1) is 0 Å². The molecule has 3 rings (SSSR count). The van der Waals surface area contributed by atoms with Crippen LogP contribution in [0.2, 0.25) is 0 Å². The number of imide groups is 1. The van der Waals surface area contributed by atoms with E-state index < -0.39 is 0 Å². The average molecular weight is 383 g/mol. The highest BCUT2D eigenvalue weighted by atomic mass is 32.2. The van der Waals surface area contributed by atoms with Gasteiger partial charge < -0.3 is 9.88 Å². The Morgan fingerprint density at radius 1 is 1.40 bits per heavy atom. The minimum absolute atomic E-state index is 0.143. The molecule has 25 heavy (non-hydrogen) atoms. The first-order valence-electron chi connectivity index (χ1n) is 8.35. The Kier molecular flexibility index (Phi) is 5.67. The number of carbonyl (C=O) groups excluding carboxylic acids is 3. The van der Waals surface area contributed by atoms with E-state index in [4.69, 9.17) is 0 Å². The van der Waals surface area contributed by atoms with Gasteiger partial charge in [0, 0.05) is 25.6 Å². The fourth-order valence-corrected chi connectivity index (χ4v) is 4.27. The number of aromatic nitrogens is 3. The minimum Gasteiger partial charge on any atom is -0.353 e. The Bertz CT molecular complexity index is 673. The predicted octanol–water partition coefficient (Wildman–Crippen LogP) is 1.47. The van der Waals surface area contributed by atoms with E-state index in [0.29, 0.717) is 5.92 Å². The molecule has 1 saturated carbocycles. The Morgan fingerprint density at radius 3 is 2.76 bits per heavy atom. The molecule has 1 N–H and O–H groups in total. The number of carbonyl (C=O) groups is 3. The van der Waals surface area contributed by atoms with Gasteiger partial charge in [0.25, 0.3) is 5.24 Å². The quantitative estimate of drug-likeness (QED) is 0.679. The molecular formula is C15H21N5O3S2. The molecule has 1 saturated heterocycles. The molecule has 1 aromatic heterocycles. The second kappa shape index (κ2) is 7.77. The van der Waals surface area contributed by atoms with Gasteiger partial charge in [0.15, 0.2) is 5.16 Å². The van der Waals surface area contributed by atoms with Crippen LogP contribution in [0.15, 0.2) is 5.16 Å². The Balaban J connectivity index is 1.49. The summed E-state index contributed by atoms with van der Waals surface area (Å²) in [5.74, 6) is 1.38. The summed E-state index contributed by atoms with van der Waals surface area (Å²) in [5, 5.41) is 11.5. The number of hydrogen-bond acceptors (Lipinski definition) is 7. The molecule has 136 valence electrons. The molecule has 1 aliphatic carbocycles. The summed E-state index contributed by atoms with van der Waals surface area (Å²) >= 11 is 2.38. The first-order valence-corrected chi connectivity index (χ1v) is 10.2. The van der Waals surface area contributed by atoms with E-state index in [2.05, 4.69) is 20.1 Å². The molecule has 0 aromatic carbocycles. The molecule has 1 aromatic rings. The van der Waals surface area contributed by atoms with Gasteiger partial charge in [0.2, 0.25) is 11.8 Å². The maximum atomic E-state index is 12.3. The van der Waals surface area contributed by atoms with E-state index in [1.807, 2.05) is 13.8 Å². The van der Waals surface area contributed by atoms with Crippen LogP contribution in [0.3, 0.4) is 0 Å². The molecule has 2 heterocycles. The lowest BCUT2D eigenvalue weighted by Gasteiger charge is -2.15. The van der Waals surface area contributed by atoms with Crippen LogP contribution in [0.4, 0.5) is 4.79 Å². The van der Waals surface area contributed by atoms with Gasteiger partial charge >= 0.3 is 0 Å². The van der Waals surface area contributed by atoms with E-state index in [0.717, 1.165) is 42.1 Å². The summed E-state index contributed by atoms with van der Waals surface area (Å²) in [6.45, 7) is 5.12. The van der Waals surface area contributed by atoms with Crippen molar-refractivity contribution in [2.45, 2.75) is 49.6 Å². The van der Waals surface area contributed by atoms with Crippen molar-refractivity contribution in [1.82, 2.24) is 25.0 Å². The molecule has 2 aliphatic rings. The van der Waals surface area contributed by atoms with Crippen LogP contribution in [-0.4, -0.2) is 60.8 Å². The number of rotatable bonds is 8. The molecule has 0 spiro atoms. The lowest BCUT2D eigenvalue weighted by molar-refractivity contribution is -0.125. The van der Waals surface area contributed by atoms with Gasteiger partial charge in [0.1, 0.15) is 5.82 Å². The van der Waals surface area contributed by atoms with Crippen LogP contribution >= 0.6 is 23.5 Å². The maximum absolute atomic E-state index is 12.3. The summed E-state index contributed by atoms with van der Waals surface area (Å²) in [6.07, 6.45) is 2.32. The first-order chi connectivity index (χ1) is 12.0. The van der Waals surface area contributed by atoms with Crippen molar-refractivity contribution in [3.05, 3.63) is 5.82 Å². The van der Waals surface area contributed by atoms with Crippen LogP contribution in [0.25, 0.3) is 0 Å². The summed E-state index contributed by atoms with van der Waals surface area (Å²) < 4.78 is 2.07. The SMILES string of the molecule is CCn1c(S[C@@H](C)C(=O)NCCN2C(=O)CSC2=O)nnc1C1CC1. The van der Waals surface area contributed by atoms with E-state index in [9.17, 15) is 14.4 Å². The van der Waals surface area contributed by atoms with E-state index >= 15 is 0 Å². The third-order valence-corrected chi connectivity index (χ3v) is 6.07.